The highest BCUT2D eigenvalue weighted by atomic mass is 16.5. The van der Waals surface area contributed by atoms with Crippen molar-refractivity contribution in [3.05, 3.63) is 58.0 Å². The quantitative estimate of drug-likeness (QED) is 0.859. The van der Waals surface area contributed by atoms with Gasteiger partial charge in [-0.25, -0.2) is 0 Å². The summed E-state index contributed by atoms with van der Waals surface area (Å²) in [6.45, 7) is 3.35. The van der Waals surface area contributed by atoms with Gasteiger partial charge in [-0.1, -0.05) is 18.2 Å². The highest BCUT2D eigenvalue weighted by Gasteiger charge is 2.23. The summed E-state index contributed by atoms with van der Waals surface area (Å²) in [5, 5.41) is 2.96. The summed E-state index contributed by atoms with van der Waals surface area (Å²) in [6, 6.07) is 11.0. The summed E-state index contributed by atoms with van der Waals surface area (Å²) < 4.78 is 12.8. The molecule has 0 spiro atoms. The van der Waals surface area contributed by atoms with Crippen LogP contribution in [0.5, 0.6) is 11.5 Å². The molecule has 1 atom stereocenters. The Labute approximate surface area is 152 Å². The number of nitrogens with zero attached hydrogens (tertiary/aromatic N) is 1. The van der Waals surface area contributed by atoms with E-state index in [0.29, 0.717) is 19.7 Å². The van der Waals surface area contributed by atoms with E-state index in [-0.39, 0.29) is 23.8 Å². The van der Waals surface area contributed by atoms with Crippen LogP contribution in [0.1, 0.15) is 17.7 Å². The molecule has 1 aliphatic heterocycles. The normalized spacial score (nSPS) is 15.7. The van der Waals surface area contributed by atoms with E-state index in [2.05, 4.69) is 5.32 Å². The van der Waals surface area contributed by atoms with Crippen LogP contribution >= 0.6 is 0 Å². The molecule has 0 fully saturated rings. The fourth-order valence-corrected chi connectivity index (χ4v) is 3.22. The Kier molecular flexibility index (Phi) is 5.61. The van der Waals surface area contributed by atoms with E-state index in [1.807, 2.05) is 31.2 Å². The highest BCUT2D eigenvalue weighted by Crippen LogP contribution is 2.35. The second-order valence-electron chi connectivity index (χ2n) is 6.54. The molecule has 0 saturated heterocycles. The fraction of sp³-hybridized carbons (Fsp3) is 0.400. The lowest BCUT2D eigenvalue weighted by Gasteiger charge is -2.26. The average molecular weight is 356 g/mol. The minimum absolute atomic E-state index is 0.0587. The van der Waals surface area contributed by atoms with Gasteiger partial charge in [0.15, 0.2) is 11.5 Å². The van der Waals surface area contributed by atoms with Gasteiger partial charge in [-0.3, -0.25) is 9.59 Å². The molecule has 0 saturated carbocycles. The van der Waals surface area contributed by atoms with Gasteiger partial charge in [-0.05, 0) is 31.0 Å². The number of amides is 1. The first-order valence-electron chi connectivity index (χ1n) is 8.80. The number of fused-ring (bicyclic) bond motifs is 1. The standard InChI is InChI=1S/C20H24N2O4/c1-14-5-3-8-19(24)22(14)10-9-18(23)21-12-15-11-16-6-4-7-17(25-2)20(16)26-13-15/h3-8,15H,9-13H2,1-2H3,(H,21,23)/t15-/m1/s1. The van der Waals surface area contributed by atoms with Crippen LogP contribution in [0.4, 0.5) is 0 Å². The molecule has 0 radical (unpaired) electrons. The molecule has 0 unspecified atom stereocenters. The molecule has 26 heavy (non-hydrogen) atoms. The molecule has 1 amide bonds. The van der Waals surface area contributed by atoms with E-state index in [1.165, 1.54) is 6.07 Å². The number of methoxy groups -OCH3 is 1. The summed E-state index contributed by atoms with van der Waals surface area (Å²) in [7, 11) is 1.63. The van der Waals surface area contributed by atoms with Crippen LogP contribution in [0.2, 0.25) is 0 Å². The van der Waals surface area contributed by atoms with E-state index in [4.69, 9.17) is 9.47 Å². The number of aryl methyl sites for hydroxylation is 1. The minimum Gasteiger partial charge on any atom is -0.493 e. The van der Waals surface area contributed by atoms with Gasteiger partial charge in [0.05, 0.1) is 13.7 Å². The lowest BCUT2D eigenvalue weighted by Crippen LogP contribution is -2.35. The van der Waals surface area contributed by atoms with Crippen molar-refractivity contribution in [2.24, 2.45) is 5.92 Å². The van der Waals surface area contributed by atoms with E-state index in [9.17, 15) is 9.59 Å². The number of hydrogen-bond acceptors (Lipinski definition) is 4. The highest BCUT2D eigenvalue weighted by molar-refractivity contribution is 5.75. The minimum atomic E-state index is -0.0796. The Morgan fingerprint density at radius 2 is 2.12 bits per heavy atom. The molecule has 1 N–H and O–H groups in total. The van der Waals surface area contributed by atoms with E-state index in [0.717, 1.165) is 29.2 Å². The number of hydrogen-bond donors (Lipinski definition) is 1. The van der Waals surface area contributed by atoms with Gasteiger partial charge in [0, 0.05) is 37.2 Å². The first-order valence-corrected chi connectivity index (χ1v) is 8.80. The third kappa shape index (κ3) is 4.07. The summed E-state index contributed by atoms with van der Waals surface area (Å²) in [4.78, 5) is 24.0. The van der Waals surface area contributed by atoms with Crippen molar-refractivity contribution in [3.63, 3.8) is 0 Å². The van der Waals surface area contributed by atoms with Crippen LogP contribution in [-0.2, 0) is 17.8 Å². The SMILES string of the molecule is COc1cccc2c1OC[C@@H](CNC(=O)CCn1c(C)cccc1=O)C2. The monoisotopic (exact) mass is 356 g/mol. The number of benzene rings is 1. The Hall–Kier alpha value is -2.76. The van der Waals surface area contributed by atoms with Crippen LogP contribution in [0.25, 0.3) is 0 Å². The maximum Gasteiger partial charge on any atom is 0.250 e. The number of carbonyl (C=O) groups excluding carboxylic acids is 1. The number of nitrogens with one attached hydrogen (secondary N) is 1. The largest absolute Gasteiger partial charge is 0.493 e. The van der Waals surface area contributed by atoms with E-state index < -0.39 is 0 Å². The maximum absolute atomic E-state index is 12.1. The first-order chi connectivity index (χ1) is 12.6. The number of pyridine rings is 1. The smallest absolute Gasteiger partial charge is 0.250 e. The molecule has 2 aromatic rings. The Balaban J connectivity index is 1.50. The van der Waals surface area contributed by atoms with Gasteiger partial charge in [-0.15, -0.1) is 0 Å². The third-order valence-corrected chi connectivity index (χ3v) is 4.67. The molecule has 138 valence electrons. The van der Waals surface area contributed by atoms with Crippen LogP contribution in [-0.4, -0.2) is 30.7 Å². The van der Waals surface area contributed by atoms with Crippen molar-refractivity contribution < 1.29 is 14.3 Å². The number of aromatic nitrogens is 1. The van der Waals surface area contributed by atoms with Gasteiger partial charge >= 0.3 is 0 Å². The molecule has 3 rings (SSSR count). The van der Waals surface area contributed by atoms with E-state index in [1.54, 1.807) is 17.7 Å². The van der Waals surface area contributed by atoms with Crippen LogP contribution in [0.15, 0.2) is 41.2 Å². The van der Waals surface area contributed by atoms with Crippen LogP contribution in [0, 0.1) is 12.8 Å². The lowest BCUT2D eigenvalue weighted by molar-refractivity contribution is -0.121. The zero-order valence-electron chi connectivity index (χ0n) is 15.2. The topological polar surface area (TPSA) is 69.6 Å². The van der Waals surface area contributed by atoms with Gasteiger partial charge in [0.2, 0.25) is 5.91 Å². The van der Waals surface area contributed by atoms with Gasteiger partial charge in [0.25, 0.3) is 5.56 Å². The number of para-hydroxylation sites is 1. The zero-order valence-corrected chi connectivity index (χ0v) is 15.2. The zero-order chi connectivity index (χ0) is 18.5. The Bertz CT molecular complexity index is 844. The second kappa shape index (κ2) is 8.08. The molecular weight excluding hydrogens is 332 g/mol. The molecular formula is C20H24N2O4. The van der Waals surface area contributed by atoms with Crippen molar-refractivity contribution in [2.45, 2.75) is 26.3 Å². The molecule has 1 aromatic heterocycles. The van der Waals surface area contributed by atoms with Crippen LogP contribution < -0.4 is 20.3 Å². The van der Waals surface area contributed by atoms with E-state index >= 15 is 0 Å². The van der Waals surface area contributed by atoms with Gasteiger partial charge in [-0.2, -0.15) is 0 Å². The predicted octanol–water partition coefficient (Wildman–Crippen LogP) is 1.92. The maximum atomic E-state index is 12.1. The number of ether oxygens (including phenoxy) is 2. The molecule has 1 aromatic carbocycles. The molecule has 0 aliphatic carbocycles. The molecule has 0 bridgehead atoms. The molecule has 6 heteroatoms. The van der Waals surface area contributed by atoms with Crippen LogP contribution in [0.3, 0.4) is 0 Å². The van der Waals surface area contributed by atoms with Crippen molar-refractivity contribution in [1.82, 2.24) is 9.88 Å². The second-order valence-corrected chi connectivity index (χ2v) is 6.54. The molecule has 6 nitrogen and oxygen atoms in total. The Morgan fingerprint density at radius 1 is 1.31 bits per heavy atom. The summed E-state index contributed by atoms with van der Waals surface area (Å²) in [5.41, 5.74) is 1.88. The summed E-state index contributed by atoms with van der Waals surface area (Å²) in [6.07, 6.45) is 1.12. The third-order valence-electron chi connectivity index (χ3n) is 4.67. The van der Waals surface area contributed by atoms with Gasteiger partial charge < -0.3 is 19.4 Å². The number of carbonyl (C=O) groups is 1. The first kappa shape index (κ1) is 18.0. The average Bonchev–Trinajstić information content (AvgIpc) is 2.65. The van der Waals surface area contributed by atoms with Crippen molar-refractivity contribution in [1.29, 1.82) is 0 Å². The van der Waals surface area contributed by atoms with Crippen molar-refractivity contribution in [3.8, 4) is 11.5 Å². The van der Waals surface area contributed by atoms with Crippen molar-refractivity contribution in [2.75, 3.05) is 20.3 Å². The lowest BCUT2D eigenvalue weighted by atomic mass is 9.96. The molecule has 2 heterocycles. The van der Waals surface area contributed by atoms with Crippen molar-refractivity contribution >= 4 is 5.91 Å². The summed E-state index contributed by atoms with van der Waals surface area (Å²) in [5.74, 6) is 1.71. The fourth-order valence-electron chi connectivity index (χ4n) is 3.22. The summed E-state index contributed by atoms with van der Waals surface area (Å²) >= 11 is 0. The predicted molar refractivity (Wildman–Crippen MR) is 98.7 cm³/mol. The molecule has 1 aliphatic rings. The number of rotatable bonds is 6. The van der Waals surface area contributed by atoms with Gasteiger partial charge in [0.1, 0.15) is 0 Å². The Morgan fingerprint density at radius 3 is 2.88 bits per heavy atom.